The Bertz CT molecular complexity index is 1500. The largest absolute Gasteiger partial charge is 0.416 e. The average molecular weight is 494 g/mol. The minimum absolute atomic E-state index is 0.0684. The number of nitrogens with one attached hydrogen (secondary N) is 1. The van der Waals surface area contributed by atoms with E-state index in [0.717, 1.165) is 22.4 Å². The van der Waals surface area contributed by atoms with E-state index in [1.54, 1.807) is 61.5 Å². The fourth-order valence-corrected chi connectivity index (χ4v) is 3.65. The summed E-state index contributed by atoms with van der Waals surface area (Å²) in [5, 5.41) is 6.72. The molecule has 0 unspecified atom stereocenters. The predicted octanol–water partition coefficient (Wildman–Crippen LogP) is 3.95. The van der Waals surface area contributed by atoms with Gasteiger partial charge in [0.2, 0.25) is 5.69 Å². The number of carbonyl (C=O) groups excluding carboxylic acids is 1. The number of amides is 1. The van der Waals surface area contributed by atoms with Crippen LogP contribution in [0.4, 0.5) is 13.2 Å². The Morgan fingerprint density at radius 2 is 1.58 bits per heavy atom. The first-order valence-electron chi connectivity index (χ1n) is 11.0. The zero-order chi connectivity index (χ0) is 25.9. The second-order valence-corrected chi connectivity index (χ2v) is 8.07. The molecule has 0 aliphatic rings. The lowest BCUT2D eigenvalue weighted by Crippen LogP contribution is -2.46. The van der Waals surface area contributed by atoms with Crippen molar-refractivity contribution >= 4 is 5.91 Å². The van der Waals surface area contributed by atoms with Gasteiger partial charge in [0, 0.05) is 0 Å². The first kappa shape index (κ1) is 24.6. The van der Waals surface area contributed by atoms with Crippen LogP contribution in [0.15, 0.2) is 94.5 Å². The van der Waals surface area contributed by atoms with Crippen LogP contribution in [0.2, 0.25) is 0 Å². The van der Waals surface area contributed by atoms with Gasteiger partial charge < -0.3 is 5.32 Å². The molecule has 1 atom stereocenters. The summed E-state index contributed by atoms with van der Waals surface area (Å²) in [7, 11) is 0. The third kappa shape index (κ3) is 5.27. The van der Waals surface area contributed by atoms with Crippen molar-refractivity contribution in [3.05, 3.63) is 128 Å². The summed E-state index contributed by atoms with van der Waals surface area (Å²) in [6, 6.07) is 21.0. The lowest BCUT2D eigenvalue weighted by Gasteiger charge is -2.16. The highest BCUT2D eigenvalue weighted by atomic mass is 19.4. The molecule has 0 saturated heterocycles. The Balaban J connectivity index is 1.80. The van der Waals surface area contributed by atoms with E-state index in [-0.39, 0.29) is 11.3 Å². The number of hydrogen-bond acceptors (Lipinski definition) is 4. The van der Waals surface area contributed by atoms with Crippen LogP contribution in [0, 0.1) is 0 Å². The van der Waals surface area contributed by atoms with Crippen LogP contribution in [0.25, 0.3) is 5.69 Å². The molecule has 10 heteroatoms. The van der Waals surface area contributed by atoms with Gasteiger partial charge in [-0.05, 0) is 42.3 Å². The first-order chi connectivity index (χ1) is 17.1. The van der Waals surface area contributed by atoms with Crippen LogP contribution in [0.3, 0.4) is 0 Å². The predicted molar refractivity (Wildman–Crippen MR) is 127 cm³/mol. The topological polar surface area (TPSA) is 86.0 Å². The highest BCUT2D eigenvalue weighted by Crippen LogP contribution is 2.29. The van der Waals surface area contributed by atoms with Crippen LogP contribution < -0.4 is 16.6 Å². The van der Waals surface area contributed by atoms with E-state index in [1.165, 1.54) is 12.1 Å². The van der Waals surface area contributed by atoms with Crippen LogP contribution in [0.5, 0.6) is 0 Å². The number of para-hydroxylation sites is 1. The van der Waals surface area contributed by atoms with Gasteiger partial charge in [-0.15, -0.1) is 0 Å². The number of alkyl halides is 3. The Morgan fingerprint density at radius 3 is 2.22 bits per heavy atom. The Morgan fingerprint density at radius 1 is 0.944 bits per heavy atom. The highest BCUT2D eigenvalue weighted by molar-refractivity contribution is 5.92. The maximum absolute atomic E-state index is 13.2. The molecule has 1 heterocycles. The smallest absolute Gasteiger partial charge is 0.344 e. The molecule has 0 saturated carbocycles. The van der Waals surface area contributed by atoms with Gasteiger partial charge in [0.1, 0.15) is 0 Å². The molecule has 0 aliphatic heterocycles. The molecular formula is C26H21F3N4O3. The van der Waals surface area contributed by atoms with Crippen LogP contribution >= 0.6 is 0 Å². The molecule has 7 nitrogen and oxygen atoms in total. The third-order valence-corrected chi connectivity index (χ3v) is 5.52. The van der Waals surface area contributed by atoms with E-state index in [9.17, 15) is 27.6 Å². The molecule has 184 valence electrons. The zero-order valence-corrected chi connectivity index (χ0v) is 19.1. The SMILES string of the molecule is C[C@H](NC(=O)c1nn(-c2ccccc2)c(=O)n(Cc2cccc(C(F)(F)F)c2)c1=O)c1ccccc1. The third-order valence-electron chi connectivity index (χ3n) is 5.52. The van der Waals surface area contributed by atoms with E-state index in [4.69, 9.17) is 0 Å². The average Bonchev–Trinajstić information content (AvgIpc) is 2.87. The van der Waals surface area contributed by atoms with Crippen molar-refractivity contribution in [2.75, 3.05) is 0 Å². The number of carbonyl (C=O) groups is 1. The summed E-state index contributed by atoms with van der Waals surface area (Å²) in [5.41, 5.74) is -2.25. The lowest BCUT2D eigenvalue weighted by molar-refractivity contribution is -0.137. The fourth-order valence-electron chi connectivity index (χ4n) is 3.65. The maximum Gasteiger partial charge on any atom is 0.416 e. The lowest BCUT2D eigenvalue weighted by atomic mass is 10.1. The van der Waals surface area contributed by atoms with Crippen molar-refractivity contribution in [1.29, 1.82) is 0 Å². The van der Waals surface area contributed by atoms with Crippen molar-refractivity contribution in [2.45, 2.75) is 25.7 Å². The van der Waals surface area contributed by atoms with E-state index in [2.05, 4.69) is 10.4 Å². The first-order valence-corrected chi connectivity index (χ1v) is 11.0. The van der Waals surface area contributed by atoms with E-state index in [0.29, 0.717) is 4.57 Å². The minimum Gasteiger partial charge on any atom is -0.344 e. The molecule has 3 aromatic carbocycles. The molecule has 0 fully saturated rings. The summed E-state index contributed by atoms with van der Waals surface area (Å²) < 4.78 is 41.1. The maximum atomic E-state index is 13.2. The molecule has 1 N–H and O–H groups in total. The zero-order valence-electron chi connectivity index (χ0n) is 19.1. The monoisotopic (exact) mass is 494 g/mol. The molecule has 0 aliphatic carbocycles. The number of aromatic nitrogens is 3. The van der Waals surface area contributed by atoms with Gasteiger partial charge in [-0.3, -0.25) is 14.2 Å². The number of nitrogens with zero attached hydrogens (tertiary/aromatic N) is 3. The normalized spacial score (nSPS) is 12.2. The molecule has 0 radical (unpaired) electrons. The molecule has 36 heavy (non-hydrogen) atoms. The fraction of sp³-hybridized carbons (Fsp3) is 0.154. The summed E-state index contributed by atoms with van der Waals surface area (Å²) in [6.45, 7) is 1.24. The van der Waals surface area contributed by atoms with Gasteiger partial charge >= 0.3 is 11.9 Å². The molecule has 0 spiro atoms. The quantitative estimate of drug-likeness (QED) is 0.440. The standard InChI is InChI=1S/C26H21F3N4O3/c1-17(19-10-4-2-5-11-19)30-23(34)22-24(35)32(16-18-9-8-12-20(15-18)26(27,28)29)25(36)33(31-22)21-13-6-3-7-14-21/h2-15,17H,16H2,1H3,(H,30,34)/t17-/m0/s1. The Kier molecular flexibility index (Phi) is 6.86. The van der Waals surface area contributed by atoms with E-state index >= 15 is 0 Å². The Labute approximate surface area is 203 Å². The van der Waals surface area contributed by atoms with Crippen molar-refractivity contribution in [2.24, 2.45) is 0 Å². The van der Waals surface area contributed by atoms with Crippen molar-refractivity contribution < 1.29 is 18.0 Å². The van der Waals surface area contributed by atoms with Gasteiger partial charge in [-0.1, -0.05) is 60.7 Å². The number of benzene rings is 3. The number of hydrogen-bond donors (Lipinski definition) is 1. The summed E-state index contributed by atoms with van der Waals surface area (Å²) in [5.74, 6) is -0.821. The van der Waals surface area contributed by atoms with Gasteiger partial charge in [-0.25, -0.2) is 4.79 Å². The molecular weight excluding hydrogens is 473 g/mol. The molecule has 0 bridgehead atoms. The summed E-state index contributed by atoms with van der Waals surface area (Å²) >= 11 is 0. The van der Waals surface area contributed by atoms with Crippen molar-refractivity contribution in [1.82, 2.24) is 19.7 Å². The molecule has 4 aromatic rings. The van der Waals surface area contributed by atoms with Gasteiger partial charge in [0.15, 0.2) is 0 Å². The Hall–Kier alpha value is -4.47. The summed E-state index contributed by atoms with van der Waals surface area (Å²) in [4.78, 5) is 39.5. The van der Waals surface area contributed by atoms with Gasteiger partial charge in [-0.2, -0.15) is 23.0 Å². The molecule has 1 amide bonds. The van der Waals surface area contributed by atoms with Crippen LogP contribution in [-0.2, 0) is 12.7 Å². The second kappa shape index (κ2) is 10.0. The molecule has 4 rings (SSSR count). The van der Waals surface area contributed by atoms with Gasteiger partial charge in [0.25, 0.3) is 11.5 Å². The second-order valence-electron chi connectivity index (χ2n) is 8.07. The van der Waals surface area contributed by atoms with Crippen molar-refractivity contribution in [3.63, 3.8) is 0 Å². The minimum atomic E-state index is -4.60. The number of rotatable bonds is 6. The van der Waals surface area contributed by atoms with Crippen LogP contribution in [-0.4, -0.2) is 20.3 Å². The van der Waals surface area contributed by atoms with E-state index < -0.39 is 47.2 Å². The highest BCUT2D eigenvalue weighted by Gasteiger charge is 2.30. The summed E-state index contributed by atoms with van der Waals surface area (Å²) in [6.07, 6.45) is -4.60. The van der Waals surface area contributed by atoms with E-state index in [1.807, 2.05) is 6.07 Å². The van der Waals surface area contributed by atoms with Crippen LogP contribution in [0.1, 0.15) is 40.1 Å². The molecule has 1 aromatic heterocycles. The van der Waals surface area contributed by atoms with Crippen molar-refractivity contribution in [3.8, 4) is 5.69 Å². The number of halogens is 3. The van der Waals surface area contributed by atoms with Gasteiger partial charge in [0.05, 0.1) is 23.8 Å².